The fraction of sp³-hybridized carbons (Fsp3) is 0.231. The zero-order valence-electron chi connectivity index (χ0n) is 19.1. The number of aromatic nitrogens is 2. The monoisotopic (exact) mass is 469 g/mol. The quantitative estimate of drug-likeness (QED) is 0.396. The Morgan fingerprint density at radius 2 is 1.85 bits per heavy atom. The van der Waals surface area contributed by atoms with Gasteiger partial charge in [0, 0.05) is 40.5 Å². The van der Waals surface area contributed by atoms with Crippen molar-refractivity contribution in [1.29, 1.82) is 10.5 Å². The molecule has 0 fully saturated rings. The van der Waals surface area contributed by atoms with Gasteiger partial charge in [-0.25, -0.2) is 4.98 Å². The lowest BCUT2D eigenvalue weighted by Crippen LogP contribution is -2.42. The van der Waals surface area contributed by atoms with Crippen LogP contribution in [0.2, 0.25) is 0 Å². The molecule has 0 aliphatic rings. The molecule has 1 N–H and O–H groups in total. The molecule has 2 heterocycles. The number of nitrogens with zero attached hydrogens (tertiary/aromatic N) is 4. The van der Waals surface area contributed by atoms with Crippen LogP contribution in [0.3, 0.4) is 0 Å². The van der Waals surface area contributed by atoms with Gasteiger partial charge in [0.15, 0.2) is 5.58 Å². The number of benzene rings is 2. The smallest absolute Gasteiger partial charge is 0.168 e. The normalized spacial score (nSPS) is 13.2. The Kier molecular flexibility index (Phi) is 6.67. The molecule has 170 valence electrons. The Bertz CT molecular complexity index is 1410. The standard InChI is InChI=1S/C26H23N5O2S/c1-26(2,3)34(32)31-23(14-18-7-6-8-19(16-28)29-18)20-9-4-5-10-21(20)25-22-12-11-17(15-27)13-24(22)33-30-25/h4-13,23,31H,14H2,1-3H3/t23?,34-/m0/s1. The second-order valence-corrected chi connectivity index (χ2v) is 10.8. The van der Waals surface area contributed by atoms with Gasteiger partial charge in [-0.2, -0.15) is 10.5 Å². The van der Waals surface area contributed by atoms with Gasteiger partial charge in [0.05, 0.1) is 17.7 Å². The minimum atomic E-state index is -1.36. The van der Waals surface area contributed by atoms with Crippen molar-refractivity contribution in [3.8, 4) is 23.4 Å². The molecule has 0 bridgehead atoms. The Morgan fingerprint density at radius 1 is 1.06 bits per heavy atom. The van der Waals surface area contributed by atoms with Crippen LogP contribution in [0.4, 0.5) is 0 Å². The summed E-state index contributed by atoms with van der Waals surface area (Å²) in [6.45, 7) is 5.72. The van der Waals surface area contributed by atoms with E-state index in [0.717, 1.165) is 16.5 Å². The summed E-state index contributed by atoms with van der Waals surface area (Å²) in [5.74, 6) is 0. The van der Waals surface area contributed by atoms with Gasteiger partial charge in [-0.05, 0) is 50.6 Å². The van der Waals surface area contributed by atoms with Crippen LogP contribution in [0.25, 0.3) is 22.2 Å². The van der Waals surface area contributed by atoms with Gasteiger partial charge in [-0.15, -0.1) is 4.72 Å². The summed E-state index contributed by atoms with van der Waals surface area (Å²) in [5.41, 5.74) is 4.40. The van der Waals surface area contributed by atoms with Crippen molar-refractivity contribution in [2.24, 2.45) is 0 Å². The molecule has 0 aliphatic heterocycles. The average molecular weight is 470 g/mol. The highest BCUT2D eigenvalue weighted by molar-refractivity contribution is 7.90. The lowest BCUT2D eigenvalue weighted by molar-refractivity contribution is 0.459. The van der Waals surface area contributed by atoms with E-state index in [-0.39, 0.29) is 6.04 Å². The third-order valence-electron chi connectivity index (χ3n) is 5.33. The molecule has 7 nitrogen and oxygen atoms in total. The molecule has 0 aliphatic carbocycles. The van der Waals surface area contributed by atoms with Crippen molar-refractivity contribution in [3.05, 3.63) is 83.2 Å². The number of rotatable bonds is 6. The zero-order valence-corrected chi connectivity index (χ0v) is 19.9. The molecule has 2 aromatic heterocycles. The van der Waals surface area contributed by atoms with E-state index in [1.807, 2.05) is 57.2 Å². The number of nitrogens with one attached hydrogen (secondary N) is 1. The first kappa shape index (κ1) is 23.5. The summed E-state index contributed by atoms with van der Waals surface area (Å²) in [4.78, 5) is 4.42. The molecule has 0 radical (unpaired) electrons. The molecule has 0 saturated carbocycles. The molecule has 34 heavy (non-hydrogen) atoms. The highest BCUT2D eigenvalue weighted by Crippen LogP contribution is 2.35. The molecule has 1 unspecified atom stereocenters. The molecule has 0 amide bonds. The maximum atomic E-state index is 13.1. The molecular weight excluding hydrogens is 446 g/mol. The predicted octanol–water partition coefficient (Wildman–Crippen LogP) is 4.97. The van der Waals surface area contributed by atoms with Crippen molar-refractivity contribution in [2.75, 3.05) is 0 Å². The van der Waals surface area contributed by atoms with Crippen LogP contribution in [0.5, 0.6) is 0 Å². The van der Waals surface area contributed by atoms with Crippen molar-refractivity contribution >= 4 is 22.3 Å². The van der Waals surface area contributed by atoms with E-state index in [1.54, 1.807) is 24.3 Å². The number of pyridine rings is 1. The van der Waals surface area contributed by atoms with Crippen molar-refractivity contribution in [2.45, 2.75) is 38.0 Å². The number of hydrogen-bond donors (Lipinski definition) is 1. The third-order valence-corrected chi connectivity index (χ3v) is 6.94. The number of hydrogen-bond acceptors (Lipinski definition) is 7. The van der Waals surface area contributed by atoms with Crippen LogP contribution in [0, 0.1) is 22.7 Å². The molecule has 2 atom stereocenters. The Hall–Kier alpha value is -3.69. The third kappa shape index (κ3) is 4.95. The Morgan fingerprint density at radius 3 is 2.59 bits per heavy atom. The predicted molar refractivity (Wildman–Crippen MR) is 131 cm³/mol. The van der Waals surface area contributed by atoms with E-state index in [4.69, 9.17) is 4.52 Å². The zero-order chi connectivity index (χ0) is 24.3. The number of nitriles is 2. The summed E-state index contributed by atoms with van der Waals surface area (Å²) in [6.07, 6.45) is 0.419. The van der Waals surface area contributed by atoms with Gasteiger partial charge < -0.3 is 9.08 Å². The van der Waals surface area contributed by atoms with Crippen LogP contribution in [0.15, 0.2) is 65.2 Å². The van der Waals surface area contributed by atoms with Crippen molar-refractivity contribution in [1.82, 2.24) is 14.9 Å². The molecule has 2 aromatic carbocycles. The fourth-order valence-electron chi connectivity index (χ4n) is 3.60. The highest BCUT2D eigenvalue weighted by atomic mass is 32.2. The molecular formula is C26H23N5O2S. The van der Waals surface area contributed by atoms with Gasteiger partial charge >= 0.3 is 0 Å². The van der Waals surface area contributed by atoms with Gasteiger partial charge in [-0.1, -0.05) is 35.5 Å². The number of fused-ring (bicyclic) bond motifs is 1. The molecule has 4 rings (SSSR count). The van der Waals surface area contributed by atoms with Crippen molar-refractivity contribution < 1.29 is 9.08 Å². The second-order valence-electron chi connectivity index (χ2n) is 8.82. The highest BCUT2D eigenvalue weighted by Gasteiger charge is 2.31. The maximum absolute atomic E-state index is 13.1. The van der Waals surface area contributed by atoms with Crippen molar-refractivity contribution in [3.63, 3.8) is 0 Å². The maximum Gasteiger partial charge on any atom is 0.168 e. The summed E-state index contributed by atoms with van der Waals surface area (Å²) in [6, 6.07) is 22.1. The van der Waals surface area contributed by atoms with E-state index < -0.39 is 16.1 Å². The Labute approximate surface area is 201 Å². The summed E-state index contributed by atoms with van der Waals surface area (Å²) < 4.78 is 21.4. The average Bonchev–Trinajstić information content (AvgIpc) is 3.26. The molecule has 0 spiro atoms. The van der Waals surface area contributed by atoms with Crippen LogP contribution in [-0.2, 0) is 17.8 Å². The fourth-order valence-corrected chi connectivity index (χ4v) is 4.43. The van der Waals surface area contributed by atoms with Crippen LogP contribution < -0.4 is 4.72 Å². The van der Waals surface area contributed by atoms with Gasteiger partial charge in [0.1, 0.15) is 22.2 Å². The van der Waals surface area contributed by atoms with Gasteiger partial charge in [-0.3, -0.25) is 0 Å². The SMILES string of the molecule is CC(C)(C)[S@+]([O-])NC(Cc1cccc(C#N)n1)c1ccccc1-c1noc2cc(C#N)ccc12. The van der Waals surface area contributed by atoms with Crippen LogP contribution >= 0.6 is 0 Å². The minimum absolute atomic E-state index is 0.331. The molecule has 8 heteroatoms. The van der Waals surface area contributed by atoms with Gasteiger partial charge in [0.25, 0.3) is 0 Å². The first-order valence-electron chi connectivity index (χ1n) is 10.7. The lowest BCUT2D eigenvalue weighted by Gasteiger charge is -2.29. The topological polar surface area (TPSA) is 122 Å². The first-order chi connectivity index (χ1) is 16.3. The van der Waals surface area contributed by atoms with E-state index in [0.29, 0.717) is 34.6 Å². The molecule has 0 saturated heterocycles. The Balaban J connectivity index is 1.81. The largest absolute Gasteiger partial charge is 0.598 e. The second kappa shape index (κ2) is 9.66. The van der Waals surface area contributed by atoms with Gasteiger partial charge in [0.2, 0.25) is 0 Å². The lowest BCUT2D eigenvalue weighted by atomic mass is 9.94. The van der Waals surface area contributed by atoms with E-state index >= 15 is 0 Å². The van der Waals surface area contributed by atoms with E-state index in [1.165, 1.54) is 0 Å². The summed E-state index contributed by atoms with van der Waals surface area (Å²) in [5, 5.41) is 23.5. The minimum Gasteiger partial charge on any atom is -0.598 e. The van der Waals surface area contributed by atoms with Crippen LogP contribution in [0.1, 0.15) is 49.3 Å². The van der Waals surface area contributed by atoms with Crippen LogP contribution in [-0.4, -0.2) is 19.4 Å². The summed E-state index contributed by atoms with van der Waals surface area (Å²) >= 11 is -1.36. The first-order valence-corrected chi connectivity index (χ1v) is 11.9. The van der Waals surface area contributed by atoms with E-state index in [9.17, 15) is 15.1 Å². The molecule has 4 aromatic rings. The van der Waals surface area contributed by atoms with E-state index in [2.05, 4.69) is 27.0 Å². The summed E-state index contributed by atoms with van der Waals surface area (Å²) in [7, 11) is 0.